The number of aromatic carboxylic acids is 2. The van der Waals surface area contributed by atoms with Gasteiger partial charge >= 0.3 is 11.9 Å². The quantitative estimate of drug-likeness (QED) is 0.622. The summed E-state index contributed by atoms with van der Waals surface area (Å²) in [6.07, 6.45) is 0. The summed E-state index contributed by atoms with van der Waals surface area (Å²) in [4.78, 5) is 46.6. The number of hydrogen-bond acceptors (Lipinski definition) is 4. The zero-order valence-corrected chi connectivity index (χ0v) is 12.9. The molecule has 23 heavy (non-hydrogen) atoms. The minimum atomic E-state index is -1.71. The van der Waals surface area contributed by atoms with E-state index in [4.69, 9.17) is 11.5 Å². The van der Waals surface area contributed by atoms with E-state index in [-0.39, 0.29) is 15.2 Å². The van der Waals surface area contributed by atoms with E-state index in [9.17, 15) is 29.4 Å². The molecule has 0 atom stereocenters. The summed E-state index contributed by atoms with van der Waals surface area (Å²) in [5.41, 5.74) is 7.74. The van der Waals surface area contributed by atoms with Gasteiger partial charge in [-0.05, 0) is 11.5 Å². The van der Waals surface area contributed by atoms with Gasteiger partial charge in [0.1, 0.15) is 0 Å². The van der Waals surface area contributed by atoms with E-state index in [1.807, 2.05) is 0 Å². The van der Waals surface area contributed by atoms with Crippen LogP contribution in [0.1, 0.15) is 41.4 Å². The standard InChI is InChI=1S/C14H9BrN2O6/c15-5-3-1-2-4-6(5)9(13(20)21)10(14(22)23)8(12(17)19)7(4)11(16)18/h1-3H,(H2,16,18)(H2,17,19)(H,20,21)(H,22,23). The number of halogens is 1. The molecule has 2 amide bonds. The Hall–Kier alpha value is -2.94. The highest BCUT2D eigenvalue weighted by atomic mass is 79.9. The summed E-state index contributed by atoms with van der Waals surface area (Å²) in [5.74, 6) is -5.66. The molecule has 0 aliphatic rings. The van der Waals surface area contributed by atoms with Gasteiger partial charge in [0.25, 0.3) is 0 Å². The largest absolute Gasteiger partial charge is 0.478 e. The van der Waals surface area contributed by atoms with Crippen molar-refractivity contribution in [2.24, 2.45) is 11.5 Å². The molecule has 118 valence electrons. The fraction of sp³-hybridized carbons (Fsp3) is 0. The molecule has 0 saturated heterocycles. The predicted molar refractivity (Wildman–Crippen MR) is 82.6 cm³/mol. The Kier molecular flexibility index (Phi) is 4.06. The summed E-state index contributed by atoms with van der Waals surface area (Å²) in [6, 6.07) is 4.30. The summed E-state index contributed by atoms with van der Waals surface area (Å²) < 4.78 is 0.230. The minimum absolute atomic E-state index is 0.0167. The zero-order valence-electron chi connectivity index (χ0n) is 11.3. The van der Waals surface area contributed by atoms with Gasteiger partial charge in [0.15, 0.2) is 0 Å². The molecule has 0 unspecified atom stereocenters. The van der Waals surface area contributed by atoms with Gasteiger partial charge in [0.2, 0.25) is 11.8 Å². The SMILES string of the molecule is NC(=O)c1c(C(=O)O)c(C(=O)O)c2c(Br)cccc2c1C(N)=O. The van der Waals surface area contributed by atoms with Crippen molar-refractivity contribution in [2.45, 2.75) is 0 Å². The van der Waals surface area contributed by atoms with Gasteiger partial charge in [-0.2, -0.15) is 0 Å². The van der Waals surface area contributed by atoms with Crippen LogP contribution in [0.15, 0.2) is 22.7 Å². The first-order valence-electron chi connectivity index (χ1n) is 6.02. The Bertz CT molecular complexity index is 906. The van der Waals surface area contributed by atoms with Crippen molar-refractivity contribution in [3.8, 4) is 0 Å². The van der Waals surface area contributed by atoms with Crippen molar-refractivity contribution in [3.63, 3.8) is 0 Å². The monoisotopic (exact) mass is 380 g/mol. The molecule has 2 aromatic rings. The van der Waals surface area contributed by atoms with E-state index in [1.54, 1.807) is 0 Å². The second kappa shape index (κ2) is 5.69. The number of amides is 2. The fourth-order valence-electron chi connectivity index (χ4n) is 2.43. The van der Waals surface area contributed by atoms with Crippen molar-refractivity contribution in [2.75, 3.05) is 0 Å². The van der Waals surface area contributed by atoms with Crippen LogP contribution in [0.4, 0.5) is 0 Å². The second-order valence-corrected chi connectivity index (χ2v) is 5.36. The highest BCUT2D eigenvalue weighted by molar-refractivity contribution is 9.10. The molecule has 0 aliphatic heterocycles. The number of carbonyl (C=O) groups is 4. The van der Waals surface area contributed by atoms with E-state index in [0.29, 0.717) is 0 Å². The lowest BCUT2D eigenvalue weighted by molar-refractivity contribution is 0.0651. The number of carboxylic acid groups (broad SMARTS) is 2. The maximum Gasteiger partial charge on any atom is 0.337 e. The first kappa shape index (κ1) is 16.4. The maximum absolute atomic E-state index is 11.8. The number of fused-ring (bicyclic) bond motifs is 1. The van der Waals surface area contributed by atoms with Crippen LogP contribution in [0, 0.1) is 0 Å². The molecule has 0 heterocycles. The molecule has 0 aromatic heterocycles. The average Bonchev–Trinajstić information content (AvgIpc) is 2.44. The predicted octanol–water partition coefficient (Wildman–Crippen LogP) is 1.20. The molecule has 6 N–H and O–H groups in total. The Morgan fingerprint density at radius 3 is 1.78 bits per heavy atom. The van der Waals surface area contributed by atoms with E-state index < -0.39 is 46.0 Å². The van der Waals surface area contributed by atoms with Crippen LogP contribution in [0.25, 0.3) is 10.8 Å². The molecule has 2 rings (SSSR count). The van der Waals surface area contributed by atoms with Crippen molar-refractivity contribution >= 4 is 50.5 Å². The molecule has 0 aliphatic carbocycles. The molecule has 0 radical (unpaired) electrons. The summed E-state index contributed by atoms with van der Waals surface area (Å²) >= 11 is 3.12. The van der Waals surface area contributed by atoms with Gasteiger partial charge in [-0.15, -0.1) is 0 Å². The Balaban J connectivity index is 3.32. The van der Waals surface area contributed by atoms with E-state index >= 15 is 0 Å². The molecule has 9 heteroatoms. The molecule has 0 fully saturated rings. The summed E-state index contributed by atoms with van der Waals surface area (Å²) in [7, 11) is 0. The number of hydrogen-bond donors (Lipinski definition) is 4. The molecule has 0 spiro atoms. The third kappa shape index (κ3) is 2.50. The van der Waals surface area contributed by atoms with Gasteiger partial charge in [0.05, 0.1) is 22.3 Å². The van der Waals surface area contributed by atoms with Crippen molar-refractivity contribution in [3.05, 3.63) is 44.9 Å². The van der Waals surface area contributed by atoms with Crippen LogP contribution in [0.2, 0.25) is 0 Å². The molecular formula is C14H9BrN2O6. The molecular weight excluding hydrogens is 372 g/mol. The lowest BCUT2D eigenvalue weighted by Crippen LogP contribution is -2.27. The summed E-state index contributed by atoms with van der Waals surface area (Å²) in [6.45, 7) is 0. The normalized spacial score (nSPS) is 10.5. The highest BCUT2D eigenvalue weighted by Crippen LogP contribution is 2.35. The van der Waals surface area contributed by atoms with Gasteiger partial charge in [0, 0.05) is 9.86 Å². The summed E-state index contributed by atoms with van der Waals surface area (Å²) in [5, 5.41) is 18.7. The fourth-order valence-corrected chi connectivity index (χ4v) is 2.99. The smallest absolute Gasteiger partial charge is 0.337 e. The first-order valence-corrected chi connectivity index (χ1v) is 6.82. The topological polar surface area (TPSA) is 161 Å². The Morgan fingerprint density at radius 2 is 1.35 bits per heavy atom. The van der Waals surface area contributed by atoms with Crippen molar-refractivity contribution < 1.29 is 29.4 Å². The molecule has 0 saturated carbocycles. The minimum Gasteiger partial charge on any atom is -0.478 e. The van der Waals surface area contributed by atoms with Gasteiger partial charge in [-0.25, -0.2) is 9.59 Å². The number of rotatable bonds is 4. The van der Waals surface area contributed by atoms with Crippen LogP contribution < -0.4 is 11.5 Å². The van der Waals surface area contributed by atoms with Crippen molar-refractivity contribution in [1.82, 2.24) is 0 Å². The number of nitrogens with two attached hydrogens (primary N) is 2. The number of carbonyl (C=O) groups excluding carboxylic acids is 2. The van der Waals surface area contributed by atoms with Gasteiger partial charge in [-0.1, -0.05) is 28.1 Å². The highest BCUT2D eigenvalue weighted by Gasteiger charge is 2.32. The molecule has 2 aromatic carbocycles. The lowest BCUT2D eigenvalue weighted by Gasteiger charge is -2.16. The van der Waals surface area contributed by atoms with Gasteiger partial charge in [-0.3, -0.25) is 9.59 Å². The lowest BCUT2D eigenvalue weighted by atomic mass is 9.88. The Labute approximate surface area is 136 Å². The third-order valence-corrected chi connectivity index (χ3v) is 3.86. The number of benzene rings is 2. The van der Waals surface area contributed by atoms with Crippen molar-refractivity contribution in [1.29, 1.82) is 0 Å². The van der Waals surface area contributed by atoms with Crippen LogP contribution in [0.3, 0.4) is 0 Å². The number of carboxylic acids is 2. The third-order valence-electron chi connectivity index (χ3n) is 3.20. The molecule has 8 nitrogen and oxygen atoms in total. The van der Waals surface area contributed by atoms with E-state index in [1.165, 1.54) is 18.2 Å². The van der Waals surface area contributed by atoms with Crippen LogP contribution in [0.5, 0.6) is 0 Å². The maximum atomic E-state index is 11.8. The van der Waals surface area contributed by atoms with E-state index in [2.05, 4.69) is 15.9 Å². The van der Waals surface area contributed by atoms with Crippen LogP contribution in [-0.4, -0.2) is 34.0 Å². The second-order valence-electron chi connectivity index (χ2n) is 4.50. The average molecular weight is 381 g/mol. The number of primary amides is 2. The van der Waals surface area contributed by atoms with Crippen LogP contribution >= 0.6 is 15.9 Å². The first-order chi connectivity index (χ1) is 10.7. The zero-order chi connectivity index (χ0) is 17.5. The molecule has 0 bridgehead atoms. The Morgan fingerprint density at radius 1 is 0.826 bits per heavy atom. The van der Waals surface area contributed by atoms with Crippen LogP contribution in [-0.2, 0) is 0 Å². The van der Waals surface area contributed by atoms with Gasteiger partial charge < -0.3 is 21.7 Å². The van der Waals surface area contributed by atoms with E-state index in [0.717, 1.165) is 0 Å².